The highest BCUT2D eigenvalue weighted by atomic mass is 19.1. The van der Waals surface area contributed by atoms with E-state index in [4.69, 9.17) is 0 Å². The molecule has 0 radical (unpaired) electrons. The van der Waals surface area contributed by atoms with Crippen molar-refractivity contribution in [3.8, 4) is 0 Å². The van der Waals surface area contributed by atoms with Gasteiger partial charge in [0.1, 0.15) is 5.83 Å². The lowest BCUT2D eigenvalue weighted by Gasteiger charge is -2.08. The Labute approximate surface area is 96.8 Å². The molecule has 0 amide bonds. The maximum absolute atomic E-state index is 12.6. The summed E-state index contributed by atoms with van der Waals surface area (Å²) in [6.45, 7) is 7.28. The van der Waals surface area contributed by atoms with Crippen LogP contribution in [0.25, 0.3) is 5.57 Å². The molecule has 0 atom stereocenters. The average molecular weight is 216 g/mol. The molecule has 1 heteroatoms. The third-order valence-electron chi connectivity index (χ3n) is 2.46. The van der Waals surface area contributed by atoms with Crippen molar-refractivity contribution < 1.29 is 4.39 Å². The highest BCUT2D eigenvalue weighted by Gasteiger charge is 2.02. The van der Waals surface area contributed by atoms with Gasteiger partial charge in [-0.25, -0.2) is 4.39 Å². The van der Waals surface area contributed by atoms with Crippen LogP contribution >= 0.6 is 0 Å². The second-order valence-corrected chi connectivity index (χ2v) is 3.53. The third-order valence-corrected chi connectivity index (χ3v) is 2.46. The molecule has 0 bridgehead atoms. The molecule has 0 nitrogen and oxygen atoms in total. The van der Waals surface area contributed by atoms with Crippen LogP contribution in [-0.2, 0) is 6.42 Å². The van der Waals surface area contributed by atoms with E-state index in [1.807, 2.05) is 25.1 Å². The SMILES string of the molecule is C=C(F)/C=C\C(=C/C)c1ccccc1CC. The molecule has 0 saturated carbocycles. The number of allylic oxidation sites excluding steroid dienone is 5. The molecule has 0 N–H and O–H groups in total. The van der Waals surface area contributed by atoms with Gasteiger partial charge in [-0.3, -0.25) is 0 Å². The van der Waals surface area contributed by atoms with Gasteiger partial charge < -0.3 is 0 Å². The maximum Gasteiger partial charge on any atom is 0.116 e. The van der Waals surface area contributed by atoms with Gasteiger partial charge in [-0.1, -0.05) is 49.9 Å². The zero-order valence-corrected chi connectivity index (χ0v) is 9.83. The van der Waals surface area contributed by atoms with Crippen molar-refractivity contribution in [1.29, 1.82) is 0 Å². The molecule has 1 aromatic rings. The zero-order valence-electron chi connectivity index (χ0n) is 9.83. The van der Waals surface area contributed by atoms with Gasteiger partial charge in [0.05, 0.1) is 0 Å². The van der Waals surface area contributed by atoms with Crippen LogP contribution in [0.15, 0.2) is 54.9 Å². The molecule has 1 aromatic carbocycles. The highest BCUT2D eigenvalue weighted by molar-refractivity contribution is 5.76. The van der Waals surface area contributed by atoms with E-state index < -0.39 is 5.83 Å². The molecule has 0 aliphatic carbocycles. The summed E-state index contributed by atoms with van der Waals surface area (Å²) in [7, 11) is 0. The van der Waals surface area contributed by atoms with E-state index in [0.717, 1.165) is 17.6 Å². The summed E-state index contributed by atoms with van der Waals surface area (Å²) in [6, 6.07) is 8.17. The van der Waals surface area contributed by atoms with Gasteiger partial charge in [0.2, 0.25) is 0 Å². The van der Waals surface area contributed by atoms with Crippen LogP contribution in [0, 0.1) is 0 Å². The number of benzene rings is 1. The van der Waals surface area contributed by atoms with Gasteiger partial charge in [-0.15, -0.1) is 0 Å². The molecule has 1 rings (SSSR count). The molecule has 0 fully saturated rings. The standard InChI is InChI=1S/C15H17F/c1-4-13-8-6-7-9-15(13)14(5-2)11-10-12(3)16/h5-11H,3-4H2,1-2H3/b11-10-,14-5+. The minimum Gasteiger partial charge on any atom is -0.208 e. The normalized spacial score (nSPS) is 12.1. The highest BCUT2D eigenvalue weighted by Crippen LogP contribution is 2.21. The fourth-order valence-electron chi connectivity index (χ4n) is 1.63. The Morgan fingerprint density at radius 3 is 2.56 bits per heavy atom. The van der Waals surface area contributed by atoms with Crippen LogP contribution in [-0.4, -0.2) is 0 Å². The molecule has 0 unspecified atom stereocenters. The first-order chi connectivity index (χ1) is 7.69. The van der Waals surface area contributed by atoms with Crippen molar-refractivity contribution in [2.75, 3.05) is 0 Å². The van der Waals surface area contributed by atoms with Crippen molar-refractivity contribution in [2.45, 2.75) is 20.3 Å². The van der Waals surface area contributed by atoms with E-state index in [9.17, 15) is 4.39 Å². The number of hydrogen-bond acceptors (Lipinski definition) is 0. The van der Waals surface area contributed by atoms with Gasteiger partial charge in [0.25, 0.3) is 0 Å². The Balaban J connectivity index is 3.10. The van der Waals surface area contributed by atoms with Crippen LogP contribution in [0.4, 0.5) is 4.39 Å². The van der Waals surface area contributed by atoms with Gasteiger partial charge in [-0.2, -0.15) is 0 Å². The minimum atomic E-state index is -0.423. The molecule has 16 heavy (non-hydrogen) atoms. The number of halogens is 1. The maximum atomic E-state index is 12.6. The molecule has 0 heterocycles. The van der Waals surface area contributed by atoms with E-state index in [0.29, 0.717) is 0 Å². The Morgan fingerprint density at radius 1 is 1.31 bits per heavy atom. The Bertz CT molecular complexity index is 425. The fraction of sp³-hybridized carbons (Fsp3) is 0.200. The van der Waals surface area contributed by atoms with Gasteiger partial charge >= 0.3 is 0 Å². The van der Waals surface area contributed by atoms with E-state index in [1.165, 1.54) is 11.6 Å². The summed E-state index contributed by atoms with van der Waals surface area (Å²) >= 11 is 0. The van der Waals surface area contributed by atoms with Crippen molar-refractivity contribution >= 4 is 5.57 Å². The monoisotopic (exact) mass is 216 g/mol. The predicted octanol–water partition coefficient (Wildman–Crippen LogP) is 4.69. The molecule has 0 aromatic heterocycles. The third kappa shape index (κ3) is 3.20. The quantitative estimate of drug-likeness (QED) is 0.640. The van der Waals surface area contributed by atoms with E-state index in [-0.39, 0.29) is 0 Å². The predicted molar refractivity (Wildman–Crippen MR) is 68.9 cm³/mol. The van der Waals surface area contributed by atoms with Gasteiger partial charge in [-0.05, 0) is 36.1 Å². The van der Waals surface area contributed by atoms with E-state index in [2.05, 4.69) is 25.6 Å². The number of rotatable bonds is 4. The van der Waals surface area contributed by atoms with Gasteiger partial charge in [0, 0.05) is 0 Å². The Kier molecular flexibility index (Phi) is 4.71. The van der Waals surface area contributed by atoms with Crippen LogP contribution in [0.2, 0.25) is 0 Å². The lowest BCUT2D eigenvalue weighted by atomic mass is 9.97. The summed E-state index contributed by atoms with van der Waals surface area (Å²) in [4.78, 5) is 0. The van der Waals surface area contributed by atoms with E-state index in [1.54, 1.807) is 6.08 Å². The van der Waals surface area contributed by atoms with Crippen LogP contribution in [0.5, 0.6) is 0 Å². The van der Waals surface area contributed by atoms with Crippen molar-refractivity contribution in [3.05, 3.63) is 66.0 Å². The topological polar surface area (TPSA) is 0 Å². The fourth-order valence-corrected chi connectivity index (χ4v) is 1.63. The Hall–Kier alpha value is -1.63. The first kappa shape index (κ1) is 12.4. The summed E-state index contributed by atoms with van der Waals surface area (Å²) < 4.78 is 12.6. The molecule has 0 saturated heterocycles. The molecular weight excluding hydrogens is 199 g/mol. The molecule has 0 aliphatic rings. The molecular formula is C15H17F. The van der Waals surface area contributed by atoms with E-state index >= 15 is 0 Å². The minimum absolute atomic E-state index is 0.423. The molecule has 84 valence electrons. The lowest BCUT2D eigenvalue weighted by molar-refractivity contribution is 0.671. The van der Waals surface area contributed by atoms with Crippen molar-refractivity contribution in [1.82, 2.24) is 0 Å². The first-order valence-corrected chi connectivity index (χ1v) is 5.46. The molecule has 0 aliphatic heterocycles. The second-order valence-electron chi connectivity index (χ2n) is 3.53. The Morgan fingerprint density at radius 2 is 2.00 bits per heavy atom. The number of hydrogen-bond donors (Lipinski definition) is 0. The second kappa shape index (κ2) is 6.06. The van der Waals surface area contributed by atoms with Crippen LogP contribution in [0.3, 0.4) is 0 Å². The summed E-state index contributed by atoms with van der Waals surface area (Å²) in [5, 5.41) is 0. The summed E-state index contributed by atoms with van der Waals surface area (Å²) in [5.41, 5.74) is 3.45. The summed E-state index contributed by atoms with van der Waals surface area (Å²) in [5.74, 6) is -0.423. The molecule has 0 spiro atoms. The van der Waals surface area contributed by atoms with Gasteiger partial charge in [0.15, 0.2) is 0 Å². The summed E-state index contributed by atoms with van der Waals surface area (Å²) in [6.07, 6.45) is 6.10. The van der Waals surface area contributed by atoms with Crippen LogP contribution < -0.4 is 0 Å². The van der Waals surface area contributed by atoms with Crippen molar-refractivity contribution in [3.63, 3.8) is 0 Å². The van der Waals surface area contributed by atoms with Crippen LogP contribution in [0.1, 0.15) is 25.0 Å². The first-order valence-electron chi connectivity index (χ1n) is 5.46. The van der Waals surface area contributed by atoms with Crippen molar-refractivity contribution in [2.24, 2.45) is 0 Å². The smallest absolute Gasteiger partial charge is 0.116 e. The largest absolute Gasteiger partial charge is 0.208 e. The lowest BCUT2D eigenvalue weighted by Crippen LogP contribution is -1.89. The average Bonchev–Trinajstić information content (AvgIpc) is 2.30. The number of aryl methyl sites for hydroxylation is 1. The zero-order chi connectivity index (χ0) is 12.0.